The normalized spacial score (nSPS) is 10.1. The van der Waals surface area contributed by atoms with E-state index in [1.807, 2.05) is 31.2 Å². The fourth-order valence-corrected chi connectivity index (χ4v) is 1.46. The maximum Gasteiger partial charge on any atom is 0.284 e. The largest absolute Gasteiger partial charge is 0.468 e. The van der Waals surface area contributed by atoms with E-state index in [9.17, 15) is 0 Å². The Morgan fingerprint density at radius 2 is 1.86 bits per heavy atom. The molecule has 0 aliphatic carbocycles. The Morgan fingerprint density at radius 1 is 1.14 bits per heavy atom. The Hall–Kier alpha value is -1.70. The van der Waals surface area contributed by atoms with Gasteiger partial charge < -0.3 is 9.15 Å². The van der Waals surface area contributed by atoms with E-state index in [4.69, 9.17) is 9.15 Å². The van der Waals surface area contributed by atoms with Crippen LogP contribution in [0.25, 0.3) is 11.1 Å². The first-order valence-corrected chi connectivity index (χ1v) is 4.51. The minimum Gasteiger partial charge on any atom is -0.468 e. The first kappa shape index (κ1) is 8.88. The average Bonchev–Trinajstić information content (AvgIpc) is 2.61. The topological polar surface area (TPSA) is 22.4 Å². The quantitative estimate of drug-likeness (QED) is 0.721. The fraction of sp³-hybridized carbons (Fsp3) is 0.167. The molecule has 1 heterocycles. The van der Waals surface area contributed by atoms with Gasteiger partial charge in [-0.2, -0.15) is 0 Å². The lowest BCUT2D eigenvalue weighted by atomic mass is 10.1. The lowest BCUT2D eigenvalue weighted by molar-refractivity contribution is 0.298. The smallest absolute Gasteiger partial charge is 0.284 e. The Bertz CT molecular complexity index is 415. The van der Waals surface area contributed by atoms with Gasteiger partial charge in [0.1, 0.15) is 5.76 Å². The van der Waals surface area contributed by atoms with Gasteiger partial charge >= 0.3 is 0 Å². The highest BCUT2D eigenvalue weighted by Gasteiger charge is 2.08. The summed E-state index contributed by atoms with van der Waals surface area (Å²) in [5.41, 5.74) is 2.24. The zero-order chi connectivity index (χ0) is 9.97. The summed E-state index contributed by atoms with van der Waals surface area (Å²) in [6, 6.07) is 12.0. The number of benzene rings is 1. The van der Waals surface area contributed by atoms with Gasteiger partial charge in [-0.15, -0.1) is 0 Å². The van der Waals surface area contributed by atoms with Crippen molar-refractivity contribution >= 4 is 0 Å². The van der Waals surface area contributed by atoms with E-state index in [-0.39, 0.29) is 0 Å². The number of furan rings is 1. The monoisotopic (exact) mass is 188 g/mol. The molecule has 0 amide bonds. The summed E-state index contributed by atoms with van der Waals surface area (Å²) in [5.74, 6) is 1.44. The summed E-state index contributed by atoms with van der Waals surface area (Å²) >= 11 is 0. The predicted octanol–water partition coefficient (Wildman–Crippen LogP) is 3.26. The molecule has 0 fully saturated rings. The van der Waals surface area contributed by atoms with Crippen LogP contribution < -0.4 is 4.74 Å². The fourth-order valence-electron chi connectivity index (χ4n) is 1.46. The van der Waals surface area contributed by atoms with Crippen molar-refractivity contribution in [2.45, 2.75) is 6.92 Å². The molecule has 0 saturated carbocycles. The van der Waals surface area contributed by atoms with Crippen LogP contribution in [-0.2, 0) is 0 Å². The van der Waals surface area contributed by atoms with E-state index < -0.39 is 0 Å². The highest BCUT2D eigenvalue weighted by Crippen LogP contribution is 2.29. The van der Waals surface area contributed by atoms with Gasteiger partial charge in [-0.1, -0.05) is 30.3 Å². The van der Waals surface area contributed by atoms with Crippen LogP contribution in [0.5, 0.6) is 5.95 Å². The molecule has 0 N–H and O–H groups in total. The Morgan fingerprint density at radius 3 is 2.43 bits per heavy atom. The highest BCUT2D eigenvalue weighted by molar-refractivity contribution is 5.66. The zero-order valence-corrected chi connectivity index (χ0v) is 8.28. The lowest BCUT2D eigenvalue weighted by Crippen LogP contribution is -1.76. The van der Waals surface area contributed by atoms with Gasteiger partial charge in [-0.05, 0) is 12.5 Å². The second kappa shape index (κ2) is 3.58. The third kappa shape index (κ3) is 1.51. The van der Waals surface area contributed by atoms with Gasteiger partial charge in [0.05, 0.1) is 7.11 Å². The molecule has 14 heavy (non-hydrogen) atoms. The van der Waals surface area contributed by atoms with Crippen molar-refractivity contribution < 1.29 is 9.15 Å². The standard InChI is InChI=1S/C12H12O2/c1-9-11(8-12(13-2)14-9)10-6-4-3-5-7-10/h3-8H,1-2H3. The molecule has 0 bridgehead atoms. The summed E-state index contributed by atoms with van der Waals surface area (Å²) < 4.78 is 10.4. The summed E-state index contributed by atoms with van der Waals surface area (Å²) in [4.78, 5) is 0. The van der Waals surface area contributed by atoms with Crippen molar-refractivity contribution in [3.8, 4) is 17.1 Å². The van der Waals surface area contributed by atoms with Gasteiger partial charge in [-0.3, -0.25) is 0 Å². The molecule has 2 nitrogen and oxygen atoms in total. The molecule has 2 aromatic rings. The number of rotatable bonds is 2. The Labute approximate surface area is 83.1 Å². The van der Waals surface area contributed by atoms with Crippen LogP contribution >= 0.6 is 0 Å². The summed E-state index contributed by atoms with van der Waals surface area (Å²) in [7, 11) is 1.60. The second-order valence-electron chi connectivity index (χ2n) is 3.11. The molecular formula is C12H12O2. The van der Waals surface area contributed by atoms with Crippen LogP contribution in [-0.4, -0.2) is 7.11 Å². The van der Waals surface area contributed by atoms with Crippen molar-refractivity contribution in [3.05, 3.63) is 42.2 Å². The lowest BCUT2D eigenvalue weighted by Gasteiger charge is -1.96. The van der Waals surface area contributed by atoms with E-state index in [0.29, 0.717) is 5.95 Å². The Kier molecular flexibility index (Phi) is 2.27. The van der Waals surface area contributed by atoms with Crippen LogP contribution in [0.15, 0.2) is 40.8 Å². The number of ether oxygens (including phenoxy) is 1. The number of aryl methyl sites for hydroxylation is 1. The van der Waals surface area contributed by atoms with Crippen LogP contribution in [0.4, 0.5) is 0 Å². The van der Waals surface area contributed by atoms with Gasteiger partial charge in [0.15, 0.2) is 0 Å². The van der Waals surface area contributed by atoms with E-state index in [1.54, 1.807) is 7.11 Å². The molecular weight excluding hydrogens is 176 g/mol. The molecule has 0 aliphatic rings. The minimum absolute atomic E-state index is 0.557. The highest BCUT2D eigenvalue weighted by atomic mass is 16.6. The van der Waals surface area contributed by atoms with Gasteiger partial charge in [0, 0.05) is 11.6 Å². The van der Waals surface area contributed by atoms with Crippen LogP contribution in [0.3, 0.4) is 0 Å². The van der Waals surface area contributed by atoms with Gasteiger partial charge in [-0.25, -0.2) is 0 Å². The van der Waals surface area contributed by atoms with Crippen molar-refractivity contribution in [1.82, 2.24) is 0 Å². The SMILES string of the molecule is COc1cc(-c2ccccc2)c(C)o1. The summed E-state index contributed by atoms with van der Waals surface area (Å²) in [5, 5.41) is 0. The van der Waals surface area contributed by atoms with E-state index in [2.05, 4.69) is 12.1 Å². The van der Waals surface area contributed by atoms with Crippen LogP contribution in [0.2, 0.25) is 0 Å². The molecule has 0 spiro atoms. The van der Waals surface area contributed by atoms with Crippen LogP contribution in [0, 0.1) is 6.92 Å². The number of hydrogen-bond donors (Lipinski definition) is 0. The van der Waals surface area contributed by atoms with Gasteiger partial charge in [0.2, 0.25) is 0 Å². The first-order valence-electron chi connectivity index (χ1n) is 4.51. The van der Waals surface area contributed by atoms with Gasteiger partial charge in [0.25, 0.3) is 5.95 Å². The summed E-state index contributed by atoms with van der Waals surface area (Å²) in [6.07, 6.45) is 0. The maximum absolute atomic E-state index is 5.40. The molecule has 0 radical (unpaired) electrons. The third-order valence-electron chi connectivity index (χ3n) is 2.18. The molecule has 0 unspecified atom stereocenters. The third-order valence-corrected chi connectivity index (χ3v) is 2.18. The predicted molar refractivity (Wildman–Crippen MR) is 55.4 cm³/mol. The van der Waals surface area contributed by atoms with Crippen molar-refractivity contribution in [2.24, 2.45) is 0 Å². The van der Waals surface area contributed by atoms with E-state index in [0.717, 1.165) is 16.9 Å². The van der Waals surface area contributed by atoms with Crippen molar-refractivity contribution in [3.63, 3.8) is 0 Å². The minimum atomic E-state index is 0.557. The molecule has 0 saturated heterocycles. The van der Waals surface area contributed by atoms with E-state index in [1.165, 1.54) is 0 Å². The summed E-state index contributed by atoms with van der Waals surface area (Å²) in [6.45, 7) is 1.94. The second-order valence-corrected chi connectivity index (χ2v) is 3.11. The average molecular weight is 188 g/mol. The zero-order valence-electron chi connectivity index (χ0n) is 8.28. The molecule has 1 aromatic heterocycles. The maximum atomic E-state index is 5.40. The van der Waals surface area contributed by atoms with Crippen molar-refractivity contribution in [1.29, 1.82) is 0 Å². The molecule has 1 aromatic carbocycles. The Balaban J connectivity index is 2.46. The molecule has 0 aliphatic heterocycles. The first-order chi connectivity index (χ1) is 6.81. The van der Waals surface area contributed by atoms with Crippen LogP contribution in [0.1, 0.15) is 5.76 Å². The molecule has 2 heteroatoms. The molecule has 2 rings (SSSR count). The van der Waals surface area contributed by atoms with Crippen molar-refractivity contribution in [2.75, 3.05) is 7.11 Å². The number of methoxy groups -OCH3 is 1. The molecule has 72 valence electrons. The molecule has 0 atom stereocenters. The number of hydrogen-bond acceptors (Lipinski definition) is 2. The van der Waals surface area contributed by atoms with E-state index >= 15 is 0 Å².